The van der Waals surface area contributed by atoms with Crippen LogP contribution in [-0.2, 0) is 13.6 Å². The molecule has 2 nitrogen and oxygen atoms in total. The van der Waals surface area contributed by atoms with Gasteiger partial charge in [0, 0.05) is 35.7 Å². The first-order chi connectivity index (χ1) is 10.1. The van der Waals surface area contributed by atoms with Crippen LogP contribution in [0.15, 0.2) is 42.6 Å². The number of anilines is 1. The van der Waals surface area contributed by atoms with E-state index in [9.17, 15) is 0 Å². The van der Waals surface area contributed by atoms with Gasteiger partial charge in [-0.25, -0.2) is 0 Å². The summed E-state index contributed by atoms with van der Waals surface area (Å²) in [5.74, 6) is 0. The SMILES string of the molecule is Cc1cc(Cl)c(NCc2cn(C)c3ccccc23)cc1Cl. The second-order valence-corrected chi connectivity index (χ2v) is 6.03. The largest absolute Gasteiger partial charge is 0.380 e. The molecular formula is C17H16Cl2N2. The molecule has 1 aromatic heterocycles. The third kappa shape index (κ3) is 2.74. The van der Waals surface area contributed by atoms with Gasteiger partial charge < -0.3 is 9.88 Å². The number of halogens is 2. The van der Waals surface area contributed by atoms with Crippen molar-refractivity contribution in [1.29, 1.82) is 0 Å². The standard InChI is InChI=1S/C17H16Cl2N2/c1-11-7-15(19)16(8-14(11)18)20-9-12-10-21(2)17-6-4-3-5-13(12)17/h3-8,10,20H,9H2,1-2H3. The topological polar surface area (TPSA) is 17.0 Å². The van der Waals surface area contributed by atoms with E-state index in [0.717, 1.165) is 16.3 Å². The molecule has 0 atom stereocenters. The average molecular weight is 319 g/mol. The molecule has 0 amide bonds. The van der Waals surface area contributed by atoms with Gasteiger partial charge in [0.25, 0.3) is 0 Å². The molecule has 3 aromatic rings. The summed E-state index contributed by atoms with van der Waals surface area (Å²) in [5.41, 5.74) is 4.31. The highest BCUT2D eigenvalue weighted by molar-refractivity contribution is 6.35. The minimum atomic E-state index is 0.692. The van der Waals surface area contributed by atoms with Crippen molar-refractivity contribution < 1.29 is 0 Å². The molecule has 0 unspecified atom stereocenters. The molecule has 0 radical (unpaired) electrons. The minimum Gasteiger partial charge on any atom is -0.380 e. The van der Waals surface area contributed by atoms with Crippen molar-refractivity contribution in [2.45, 2.75) is 13.5 Å². The predicted octanol–water partition coefficient (Wildman–Crippen LogP) is 5.41. The Balaban J connectivity index is 1.89. The van der Waals surface area contributed by atoms with Crippen molar-refractivity contribution >= 4 is 39.8 Å². The van der Waals surface area contributed by atoms with E-state index in [1.54, 1.807) is 0 Å². The lowest BCUT2D eigenvalue weighted by Gasteiger charge is -2.10. The molecule has 4 heteroatoms. The number of rotatable bonds is 3. The van der Waals surface area contributed by atoms with Gasteiger partial charge in [0.15, 0.2) is 0 Å². The Labute approximate surface area is 134 Å². The van der Waals surface area contributed by atoms with E-state index in [1.165, 1.54) is 16.5 Å². The number of aryl methyl sites for hydroxylation is 2. The Morgan fingerprint density at radius 1 is 1.10 bits per heavy atom. The van der Waals surface area contributed by atoms with Gasteiger partial charge >= 0.3 is 0 Å². The van der Waals surface area contributed by atoms with Gasteiger partial charge in [0.2, 0.25) is 0 Å². The van der Waals surface area contributed by atoms with Crippen LogP contribution in [0.3, 0.4) is 0 Å². The first kappa shape index (κ1) is 14.3. The maximum Gasteiger partial charge on any atom is 0.0641 e. The van der Waals surface area contributed by atoms with Gasteiger partial charge in [-0.1, -0.05) is 41.4 Å². The summed E-state index contributed by atoms with van der Waals surface area (Å²) in [6, 6.07) is 12.1. The zero-order chi connectivity index (χ0) is 15.0. The molecule has 0 fully saturated rings. The third-order valence-corrected chi connectivity index (χ3v) is 4.42. The fourth-order valence-corrected chi connectivity index (χ4v) is 2.99. The van der Waals surface area contributed by atoms with E-state index >= 15 is 0 Å². The van der Waals surface area contributed by atoms with Crippen LogP contribution in [0.25, 0.3) is 10.9 Å². The highest BCUT2D eigenvalue weighted by Gasteiger charge is 2.08. The van der Waals surface area contributed by atoms with Gasteiger partial charge in [-0.05, 0) is 36.2 Å². The summed E-state index contributed by atoms with van der Waals surface area (Å²) >= 11 is 12.4. The highest BCUT2D eigenvalue weighted by atomic mass is 35.5. The molecule has 0 saturated carbocycles. The number of nitrogens with zero attached hydrogens (tertiary/aromatic N) is 1. The number of nitrogens with one attached hydrogen (secondary N) is 1. The lowest BCUT2D eigenvalue weighted by atomic mass is 10.1. The molecule has 0 bridgehead atoms. The van der Waals surface area contributed by atoms with Crippen molar-refractivity contribution in [3.05, 3.63) is 63.8 Å². The summed E-state index contributed by atoms with van der Waals surface area (Å²) < 4.78 is 2.13. The Bertz CT molecular complexity index is 806. The van der Waals surface area contributed by atoms with Crippen molar-refractivity contribution in [3.8, 4) is 0 Å². The van der Waals surface area contributed by atoms with Crippen LogP contribution in [0, 0.1) is 6.92 Å². The van der Waals surface area contributed by atoms with E-state index in [2.05, 4.69) is 47.4 Å². The van der Waals surface area contributed by atoms with Crippen LogP contribution in [0.1, 0.15) is 11.1 Å². The summed E-state index contributed by atoms with van der Waals surface area (Å²) in [6.07, 6.45) is 2.14. The summed E-state index contributed by atoms with van der Waals surface area (Å²) in [7, 11) is 2.06. The minimum absolute atomic E-state index is 0.692. The van der Waals surface area contributed by atoms with Crippen molar-refractivity contribution in [2.75, 3.05) is 5.32 Å². The van der Waals surface area contributed by atoms with E-state index < -0.39 is 0 Å². The normalized spacial score (nSPS) is 11.0. The Morgan fingerprint density at radius 3 is 2.67 bits per heavy atom. The monoisotopic (exact) mass is 318 g/mol. The molecule has 1 heterocycles. The Hall–Kier alpha value is -1.64. The molecule has 0 aliphatic heterocycles. The molecule has 1 N–H and O–H groups in total. The lowest BCUT2D eigenvalue weighted by Crippen LogP contribution is -2.00. The number of hydrogen-bond donors (Lipinski definition) is 1. The number of para-hydroxylation sites is 1. The van der Waals surface area contributed by atoms with E-state index in [0.29, 0.717) is 11.6 Å². The lowest BCUT2D eigenvalue weighted by molar-refractivity contribution is 0.956. The van der Waals surface area contributed by atoms with Crippen LogP contribution < -0.4 is 5.32 Å². The molecule has 0 saturated heterocycles. The Kier molecular flexibility index (Phi) is 3.83. The van der Waals surface area contributed by atoms with E-state index in [1.807, 2.05) is 19.1 Å². The smallest absolute Gasteiger partial charge is 0.0641 e. The van der Waals surface area contributed by atoms with Gasteiger partial charge in [-0.3, -0.25) is 0 Å². The van der Waals surface area contributed by atoms with Gasteiger partial charge in [0.05, 0.1) is 10.7 Å². The molecule has 3 rings (SSSR count). The fourth-order valence-electron chi connectivity index (χ4n) is 2.54. The first-order valence-corrected chi connectivity index (χ1v) is 7.54. The second-order valence-electron chi connectivity index (χ2n) is 5.22. The van der Waals surface area contributed by atoms with Crippen molar-refractivity contribution in [2.24, 2.45) is 7.05 Å². The van der Waals surface area contributed by atoms with Crippen molar-refractivity contribution in [3.63, 3.8) is 0 Å². The summed E-state index contributed by atoms with van der Waals surface area (Å²) in [5, 5.41) is 6.04. The first-order valence-electron chi connectivity index (χ1n) is 6.78. The van der Waals surface area contributed by atoms with Gasteiger partial charge in [-0.2, -0.15) is 0 Å². The van der Waals surface area contributed by atoms with Gasteiger partial charge in [-0.15, -0.1) is 0 Å². The Morgan fingerprint density at radius 2 is 1.86 bits per heavy atom. The highest BCUT2D eigenvalue weighted by Crippen LogP contribution is 2.30. The molecule has 0 aliphatic carbocycles. The summed E-state index contributed by atoms with van der Waals surface area (Å²) in [6.45, 7) is 2.66. The maximum atomic E-state index is 6.26. The number of fused-ring (bicyclic) bond motifs is 1. The zero-order valence-corrected chi connectivity index (χ0v) is 13.5. The number of aromatic nitrogens is 1. The van der Waals surface area contributed by atoms with Crippen LogP contribution in [-0.4, -0.2) is 4.57 Å². The molecular weight excluding hydrogens is 303 g/mol. The quantitative estimate of drug-likeness (QED) is 0.683. The maximum absolute atomic E-state index is 6.26. The molecule has 0 aliphatic rings. The number of benzene rings is 2. The molecule has 2 aromatic carbocycles. The molecule has 0 spiro atoms. The van der Waals surface area contributed by atoms with E-state index in [-0.39, 0.29) is 0 Å². The van der Waals surface area contributed by atoms with Crippen LogP contribution >= 0.6 is 23.2 Å². The van der Waals surface area contributed by atoms with Crippen LogP contribution in [0.5, 0.6) is 0 Å². The zero-order valence-electron chi connectivity index (χ0n) is 12.0. The van der Waals surface area contributed by atoms with Gasteiger partial charge in [0.1, 0.15) is 0 Å². The second kappa shape index (κ2) is 5.63. The molecule has 21 heavy (non-hydrogen) atoms. The van der Waals surface area contributed by atoms with E-state index in [4.69, 9.17) is 23.2 Å². The average Bonchev–Trinajstić information content (AvgIpc) is 2.79. The van der Waals surface area contributed by atoms with Crippen LogP contribution in [0.4, 0.5) is 5.69 Å². The summed E-state index contributed by atoms with van der Waals surface area (Å²) in [4.78, 5) is 0. The van der Waals surface area contributed by atoms with Crippen molar-refractivity contribution in [1.82, 2.24) is 4.57 Å². The van der Waals surface area contributed by atoms with Crippen LogP contribution in [0.2, 0.25) is 10.0 Å². The molecule has 108 valence electrons. The third-order valence-electron chi connectivity index (χ3n) is 3.70. The predicted molar refractivity (Wildman–Crippen MR) is 91.4 cm³/mol. The number of hydrogen-bond acceptors (Lipinski definition) is 1. The fraction of sp³-hybridized carbons (Fsp3) is 0.176.